The maximum Gasteiger partial charge on any atom is 0.122 e. The molecule has 0 aliphatic carbocycles. The topological polar surface area (TPSA) is 47.3 Å². The number of nitrogens with two attached hydrogens (primary N) is 1. The van der Waals surface area contributed by atoms with E-state index in [1.807, 2.05) is 7.05 Å². The Labute approximate surface area is 117 Å². The molecule has 0 bridgehead atoms. The van der Waals surface area contributed by atoms with Crippen LogP contribution in [0.15, 0.2) is 18.2 Å². The average molecular weight is 264 g/mol. The second-order valence-electron chi connectivity index (χ2n) is 5.67. The van der Waals surface area contributed by atoms with E-state index >= 15 is 0 Å². The molecular weight excluding hydrogens is 236 g/mol. The minimum Gasteiger partial charge on any atom is -0.496 e. The Morgan fingerprint density at radius 3 is 2.53 bits per heavy atom. The van der Waals surface area contributed by atoms with E-state index in [-0.39, 0.29) is 5.41 Å². The molecule has 3 nitrogen and oxygen atoms in total. The van der Waals surface area contributed by atoms with Crippen molar-refractivity contribution < 1.29 is 4.74 Å². The normalized spacial score (nSPS) is 13.4. The lowest BCUT2D eigenvalue weighted by Gasteiger charge is -2.34. The summed E-state index contributed by atoms with van der Waals surface area (Å²) in [6.45, 7) is 7.39. The van der Waals surface area contributed by atoms with Crippen LogP contribution >= 0.6 is 0 Å². The summed E-state index contributed by atoms with van der Waals surface area (Å²) in [5.41, 5.74) is 8.43. The number of methoxy groups -OCH3 is 1. The Morgan fingerprint density at radius 1 is 1.37 bits per heavy atom. The summed E-state index contributed by atoms with van der Waals surface area (Å²) in [4.78, 5) is 0. The van der Waals surface area contributed by atoms with Crippen LogP contribution in [0.2, 0.25) is 0 Å². The van der Waals surface area contributed by atoms with Crippen LogP contribution < -0.4 is 15.8 Å². The molecule has 19 heavy (non-hydrogen) atoms. The third-order valence-corrected chi connectivity index (χ3v) is 3.88. The van der Waals surface area contributed by atoms with Crippen molar-refractivity contribution >= 4 is 0 Å². The minimum atomic E-state index is 0.128. The van der Waals surface area contributed by atoms with E-state index in [2.05, 4.69) is 44.3 Å². The van der Waals surface area contributed by atoms with Gasteiger partial charge in [0.1, 0.15) is 5.75 Å². The molecule has 0 aliphatic heterocycles. The molecule has 1 aromatic rings. The fourth-order valence-corrected chi connectivity index (χ4v) is 2.78. The van der Waals surface area contributed by atoms with Gasteiger partial charge in [0.15, 0.2) is 0 Å². The van der Waals surface area contributed by atoms with Gasteiger partial charge in [-0.15, -0.1) is 0 Å². The maximum absolute atomic E-state index is 5.74. The van der Waals surface area contributed by atoms with E-state index in [0.29, 0.717) is 12.6 Å². The zero-order valence-electron chi connectivity index (χ0n) is 12.9. The SMILES string of the molecule is CCc1cc(C(NC)C(C)(C)CCN)ccc1OC. The number of hydrogen-bond acceptors (Lipinski definition) is 3. The number of benzene rings is 1. The summed E-state index contributed by atoms with van der Waals surface area (Å²) >= 11 is 0. The van der Waals surface area contributed by atoms with E-state index in [0.717, 1.165) is 18.6 Å². The fourth-order valence-electron chi connectivity index (χ4n) is 2.78. The molecule has 1 atom stereocenters. The van der Waals surface area contributed by atoms with Crippen molar-refractivity contribution in [1.29, 1.82) is 0 Å². The van der Waals surface area contributed by atoms with Gasteiger partial charge in [-0.1, -0.05) is 32.9 Å². The van der Waals surface area contributed by atoms with E-state index < -0.39 is 0 Å². The van der Waals surface area contributed by atoms with Crippen LogP contribution in [0.3, 0.4) is 0 Å². The molecule has 0 spiro atoms. The van der Waals surface area contributed by atoms with Crippen LogP contribution in [0.25, 0.3) is 0 Å². The Kier molecular flexibility index (Phi) is 5.83. The average Bonchev–Trinajstić information content (AvgIpc) is 2.38. The van der Waals surface area contributed by atoms with Crippen LogP contribution in [0, 0.1) is 5.41 Å². The van der Waals surface area contributed by atoms with Gasteiger partial charge in [0, 0.05) is 6.04 Å². The van der Waals surface area contributed by atoms with Crippen molar-refractivity contribution in [3.8, 4) is 5.75 Å². The lowest BCUT2D eigenvalue weighted by atomic mass is 9.77. The fraction of sp³-hybridized carbons (Fsp3) is 0.625. The molecule has 0 aliphatic rings. The van der Waals surface area contributed by atoms with Crippen molar-refractivity contribution in [2.75, 3.05) is 20.7 Å². The number of nitrogens with one attached hydrogen (secondary N) is 1. The maximum atomic E-state index is 5.74. The molecule has 0 saturated carbocycles. The molecule has 0 radical (unpaired) electrons. The van der Waals surface area contributed by atoms with E-state index in [1.165, 1.54) is 11.1 Å². The highest BCUT2D eigenvalue weighted by Gasteiger charge is 2.29. The molecular formula is C16H28N2O. The molecule has 0 saturated heterocycles. The van der Waals surface area contributed by atoms with Crippen molar-refractivity contribution in [3.63, 3.8) is 0 Å². The highest BCUT2D eigenvalue weighted by molar-refractivity contribution is 5.39. The van der Waals surface area contributed by atoms with Crippen LogP contribution in [-0.2, 0) is 6.42 Å². The molecule has 0 amide bonds. The number of rotatable bonds is 7. The second-order valence-corrected chi connectivity index (χ2v) is 5.67. The molecule has 0 aromatic heterocycles. The van der Waals surface area contributed by atoms with Gasteiger partial charge >= 0.3 is 0 Å². The molecule has 0 heterocycles. The van der Waals surface area contributed by atoms with Gasteiger partial charge in [-0.05, 0) is 49.0 Å². The zero-order chi connectivity index (χ0) is 14.5. The summed E-state index contributed by atoms with van der Waals surface area (Å²) in [6, 6.07) is 6.76. The Balaban J connectivity index is 3.12. The van der Waals surface area contributed by atoms with Crippen molar-refractivity contribution in [2.45, 2.75) is 39.7 Å². The van der Waals surface area contributed by atoms with Gasteiger partial charge in [-0.3, -0.25) is 0 Å². The first kappa shape index (κ1) is 16.0. The molecule has 0 fully saturated rings. The summed E-state index contributed by atoms with van der Waals surface area (Å²) in [6.07, 6.45) is 1.97. The predicted molar refractivity (Wildman–Crippen MR) is 81.6 cm³/mol. The number of aryl methyl sites for hydroxylation is 1. The smallest absolute Gasteiger partial charge is 0.122 e. The van der Waals surface area contributed by atoms with Crippen molar-refractivity contribution in [3.05, 3.63) is 29.3 Å². The summed E-state index contributed by atoms with van der Waals surface area (Å²) < 4.78 is 5.40. The second kappa shape index (κ2) is 6.92. The summed E-state index contributed by atoms with van der Waals surface area (Å²) in [5, 5.41) is 3.44. The summed E-state index contributed by atoms with van der Waals surface area (Å²) in [7, 11) is 3.74. The third kappa shape index (κ3) is 3.71. The van der Waals surface area contributed by atoms with Gasteiger partial charge in [-0.25, -0.2) is 0 Å². The first-order chi connectivity index (χ1) is 9.00. The molecule has 108 valence electrons. The minimum absolute atomic E-state index is 0.128. The monoisotopic (exact) mass is 264 g/mol. The Morgan fingerprint density at radius 2 is 2.05 bits per heavy atom. The van der Waals surface area contributed by atoms with E-state index in [1.54, 1.807) is 7.11 Å². The van der Waals surface area contributed by atoms with Gasteiger partial charge < -0.3 is 15.8 Å². The molecule has 1 unspecified atom stereocenters. The lowest BCUT2D eigenvalue weighted by molar-refractivity contribution is 0.239. The molecule has 3 N–H and O–H groups in total. The third-order valence-electron chi connectivity index (χ3n) is 3.88. The van der Waals surface area contributed by atoms with Crippen LogP contribution in [0.5, 0.6) is 5.75 Å². The number of hydrogen-bond donors (Lipinski definition) is 2. The number of ether oxygens (including phenoxy) is 1. The van der Waals surface area contributed by atoms with Gasteiger partial charge in [0.2, 0.25) is 0 Å². The quantitative estimate of drug-likeness (QED) is 0.796. The van der Waals surface area contributed by atoms with Crippen LogP contribution in [-0.4, -0.2) is 20.7 Å². The van der Waals surface area contributed by atoms with Crippen LogP contribution in [0.1, 0.15) is 44.4 Å². The van der Waals surface area contributed by atoms with Gasteiger partial charge in [0.05, 0.1) is 7.11 Å². The van der Waals surface area contributed by atoms with Crippen LogP contribution in [0.4, 0.5) is 0 Å². The van der Waals surface area contributed by atoms with E-state index in [4.69, 9.17) is 10.5 Å². The first-order valence-electron chi connectivity index (χ1n) is 7.04. The van der Waals surface area contributed by atoms with Gasteiger partial charge in [0.25, 0.3) is 0 Å². The zero-order valence-corrected chi connectivity index (χ0v) is 12.9. The highest BCUT2D eigenvalue weighted by Crippen LogP contribution is 2.37. The first-order valence-corrected chi connectivity index (χ1v) is 7.04. The molecule has 1 rings (SSSR count). The van der Waals surface area contributed by atoms with Gasteiger partial charge in [-0.2, -0.15) is 0 Å². The molecule has 1 aromatic carbocycles. The highest BCUT2D eigenvalue weighted by atomic mass is 16.5. The predicted octanol–water partition coefficient (Wildman–Crippen LogP) is 2.89. The van der Waals surface area contributed by atoms with E-state index in [9.17, 15) is 0 Å². The van der Waals surface area contributed by atoms with Crippen molar-refractivity contribution in [1.82, 2.24) is 5.32 Å². The largest absolute Gasteiger partial charge is 0.496 e. The Hall–Kier alpha value is -1.06. The standard InChI is InChI=1S/C16H28N2O/c1-6-12-11-13(7-8-14(12)19-5)15(18-4)16(2,3)9-10-17/h7-8,11,15,18H,6,9-10,17H2,1-5H3. The lowest BCUT2D eigenvalue weighted by Crippen LogP contribution is -2.33. The molecule has 3 heteroatoms. The van der Waals surface area contributed by atoms with Crippen molar-refractivity contribution in [2.24, 2.45) is 11.1 Å². The Bertz CT molecular complexity index is 402. The summed E-state index contributed by atoms with van der Waals surface area (Å²) in [5.74, 6) is 0.970.